The first-order valence-corrected chi connectivity index (χ1v) is 6.68. The predicted octanol–water partition coefficient (Wildman–Crippen LogP) is 1.70. The number of morpholine rings is 1. The molecule has 0 saturated carbocycles. The molecule has 1 aromatic heterocycles. The first-order valence-electron chi connectivity index (χ1n) is 6.68. The van der Waals surface area contributed by atoms with Crippen molar-refractivity contribution < 1.29 is 4.74 Å². The van der Waals surface area contributed by atoms with E-state index in [1.54, 1.807) is 0 Å². The lowest BCUT2D eigenvalue weighted by atomic mass is 10.2. The summed E-state index contributed by atoms with van der Waals surface area (Å²) in [5.41, 5.74) is 0. The SMILES string of the molecule is CCc1nc(NC)cc(N2CCOCC2CC)n1. The van der Waals surface area contributed by atoms with Crippen molar-refractivity contribution in [3.05, 3.63) is 11.9 Å². The Bertz CT molecular complexity index is 374. The van der Waals surface area contributed by atoms with Gasteiger partial charge in [-0.2, -0.15) is 0 Å². The highest BCUT2D eigenvalue weighted by molar-refractivity contribution is 5.50. The normalized spacial score (nSPS) is 19.9. The molecule has 0 aliphatic carbocycles. The highest BCUT2D eigenvalue weighted by Crippen LogP contribution is 2.21. The molecule has 18 heavy (non-hydrogen) atoms. The molecular formula is C13H22N4O. The van der Waals surface area contributed by atoms with E-state index in [-0.39, 0.29) is 0 Å². The molecule has 0 spiro atoms. The number of nitrogens with zero attached hydrogens (tertiary/aromatic N) is 3. The first-order chi connectivity index (χ1) is 8.78. The van der Waals surface area contributed by atoms with Crippen LogP contribution in [0, 0.1) is 0 Å². The van der Waals surface area contributed by atoms with Crippen molar-refractivity contribution in [2.75, 3.05) is 37.0 Å². The molecule has 5 nitrogen and oxygen atoms in total. The summed E-state index contributed by atoms with van der Waals surface area (Å²) in [6.45, 7) is 6.73. The van der Waals surface area contributed by atoms with Gasteiger partial charge in [0, 0.05) is 26.1 Å². The number of anilines is 2. The van der Waals surface area contributed by atoms with Crippen LogP contribution in [-0.4, -0.2) is 42.8 Å². The topological polar surface area (TPSA) is 50.3 Å². The summed E-state index contributed by atoms with van der Waals surface area (Å²) < 4.78 is 5.54. The molecule has 1 saturated heterocycles. The third-order valence-electron chi connectivity index (χ3n) is 3.32. The number of ether oxygens (including phenoxy) is 1. The summed E-state index contributed by atoms with van der Waals surface area (Å²) in [4.78, 5) is 11.4. The molecule has 1 N–H and O–H groups in total. The van der Waals surface area contributed by atoms with Gasteiger partial charge in [0.15, 0.2) is 0 Å². The average Bonchev–Trinajstić information content (AvgIpc) is 2.46. The highest BCUT2D eigenvalue weighted by atomic mass is 16.5. The van der Waals surface area contributed by atoms with Crippen LogP contribution in [0.4, 0.5) is 11.6 Å². The Balaban J connectivity index is 2.29. The second-order valence-electron chi connectivity index (χ2n) is 4.46. The van der Waals surface area contributed by atoms with Crippen LogP contribution in [0.15, 0.2) is 6.07 Å². The van der Waals surface area contributed by atoms with Crippen LogP contribution in [0.25, 0.3) is 0 Å². The molecule has 1 aromatic rings. The van der Waals surface area contributed by atoms with Gasteiger partial charge in [0.1, 0.15) is 17.5 Å². The molecular weight excluding hydrogens is 228 g/mol. The molecule has 0 radical (unpaired) electrons. The van der Waals surface area contributed by atoms with E-state index >= 15 is 0 Å². The van der Waals surface area contributed by atoms with Gasteiger partial charge >= 0.3 is 0 Å². The molecule has 0 bridgehead atoms. The van der Waals surface area contributed by atoms with Gasteiger partial charge in [-0.3, -0.25) is 0 Å². The van der Waals surface area contributed by atoms with Crippen molar-refractivity contribution in [1.29, 1.82) is 0 Å². The standard InChI is InChI=1S/C13H22N4O/c1-4-10-9-18-7-6-17(10)13-8-12(14-3)15-11(5-2)16-13/h8,10H,4-7,9H2,1-3H3,(H,14,15,16). The Labute approximate surface area is 109 Å². The van der Waals surface area contributed by atoms with E-state index < -0.39 is 0 Å². The van der Waals surface area contributed by atoms with E-state index in [0.717, 1.165) is 50.1 Å². The zero-order valence-corrected chi connectivity index (χ0v) is 11.4. The van der Waals surface area contributed by atoms with E-state index in [1.807, 2.05) is 13.1 Å². The van der Waals surface area contributed by atoms with E-state index in [1.165, 1.54) is 0 Å². The largest absolute Gasteiger partial charge is 0.377 e. The quantitative estimate of drug-likeness (QED) is 0.881. The van der Waals surface area contributed by atoms with Gasteiger partial charge < -0.3 is 15.0 Å². The van der Waals surface area contributed by atoms with E-state index in [0.29, 0.717) is 6.04 Å². The predicted molar refractivity (Wildman–Crippen MR) is 73.2 cm³/mol. The van der Waals surface area contributed by atoms with Crippen molar-refractivity contribution in [3.8, 4) is 0 Å². The first kappa shape index (κ1) is 13.1. The van der Waals surface area contributed by atoms with Crippen LogP contribution in [0.1, 0.15) is 26.1 Å². The third kappa shape index (κ3) is 2.72. The van der Waals surface area contributed by atoms with Crippen LogP contribution in [0.3, 0.4) is 0 Å². The molecule has 1 aliphatic rings. The molecule has 0 aromatic carbocycles. The number of hydrogen-bond donors (Lipinski definition) is 1. The zero-order chi connectivity index (χ0) is 13.0. The number of rotatable bonds is 4. The van der Waals surface area contributed by atoms with Gasteiger partial charge in [0.05, 0.1) is 19.3 Å². The van der Waals surface area contributed by atoms with Gasteiger partial charge in [-0.25, -0.2) is 9.97 Å². The summed E-state index contributed by atoms with van der Waals surface area (Å²) in [5.74, 6) is 2.79. The van der Waals surface area contributed by atoms with Crippen LogP contribution in [0.5, 0.6) is 0 Å². The van der Waals surface area contributed by atoms with Crippen molar-refractivity contribution in [1.82, 2.24) is 9.97 Å². The zero-order valence-electron chi connectivity index (χ0n) is 11.4. The second-order valence-corrected chi connectivity index (χ2v) is 4.46. The summed E-state index contributed by atoms with van der Waals surface area (Å²) in [5, 5.41) is 3.10. The Morgan fingerprint density at radius 2 is 2.28 bits per heavy atom. The lowest BCUT2D eigenvalue weighted by molar-refractivity contribution is 0.0925. The minimum Gasteiger partial charge on any atom is -0.377 e. The average molecular weight is 250 g/mol. The maximum Gasteiger partial charge on any atom is 0.134 e. The number of hydrogen-bond acceptors (Lipinski definition) is 5. The molecule has 1 atom stereocenters. The molecule has 1 unspecified atom stereocenters. The molecule has 1 fully saturated rings. The van der Waals surface area contributed by atoms with E-state index in [2.05, 4.69) is 34.0 Å². The Morgan fingerprint density at radius 1 is 1.44 bits per heavy atom. The van der Waals surface area contributed by atoms with E-state index in [9.17, 15) is 0 Å². The smallest absolute Gasteiger partial charge is 0.134 e. The third-order valence-corrected chi connectivity index (χ3v) is 3.32. The van der Waals surface area contributed by atoms with E-state index in [4.69, 9.17) is 4.74 Å². The summed E-state index contributed by atoms with van der Waals surface area (Å²) in [6.07, 6.45) is 1.92. The van der Waals surface area contributed by atoms with Crippen molar-refractivity contribution in [2.45, 2.75) is 32.7 Å². The number of nitrogens with one attached hydrogen (secondary N) is 1. The van der Waals surface area contributed by atoms with Gasteiger partial charge in [-0.05, 0) is 6.42 Å². The van der Waals surface area contributed by atoms with Crippen LogP contribution >= 0.6 is 0 Å². The molecule has 2 heterocycles. The fraction of sp³-hybridized carbons (Fsp3) is 0.692. The minimum absolute atomic E-state index is 0.420. The lowest BCUT2D eigenvalue weighted by Crippen LogP contribution is -2.45. The lowest BCUT2D eigenvalue weighted by Gasteiger charge is -2.36. The van der Waals surface area contributed by atoms with Gasteiger partial charge in [0.2, 0.25) is 0 Å². The number of aromatic nitrogens is 2. The summed E-state index contributed by atoms with van der Waals surface area (Å²) in [6, 6.07) is 2.44. The van der Waals surface area contributed by atoms with Crippen molar-refractivity contribution >= 4 is 11.6 Å². The molecule has 0 amide bonds. The fourth-order valence-corrected chi connectivity index (χ4v) is 2.21. The van der Waals surface area contributed by atoms with Gasteiger partial charge in [-0.15, -0.1) is 0 Å². The van der Waals surface area contributed by atoms with Crippen LogP contribution < -0.4 is 10.2 Å². The molecule has 5 heteroatoms. The molecule has 1 aliphatic heterocycles. The van der Waals surface area contributed by atoms with Crippen LogP contribution in [-0.2, 0) is 11.2 Å². The Hall–Kier alpha value is -1.36. The monoisotopic (exact) mass is 250 g/mol. The van der Waals surface area contributed by atoms with Gasteiger partial charge in [0.25, 0.3) is 0 Å². The second kappa shape index (κ2) is 6.00. The summed E-state index contributed by atoms with van der Waals surface area (Å²) in [7, 11) is 1.89. The van der Waals surface area contributed by atoms with Crippen LogP contribution in [0.2, 0.25) is 0 Å². The van der Waals surface area contributed by atoms with Gasteiger partial charge in [-0.1, -0.05) is 13.8 Å². The van der Waals surface area contributed by atoms with Crippen molar-refractivity contribution in [2.24, 2.45) is 0 Å². The minimum atomic E-state index is 0.420. The van der Waals surface area contributed by atoms with Crippen molar-refractivity contribution in [3.63, 3.8) is 0 Å². The Morgan fingerprint density at radius 3 is 2.94 bits per heavy atom. The number of aryl methyl sites for hydroxylation is 1. The highest BCUT2D eigenvalue weighted by Gasteiger charge is 2.23. The molecule has 2 rings (SSSR count). The maximum absolute atomic E-state index is 5.54. The maximum atomic E-state index is 5.54. The Kier molecular flexibility index (Phi) is 4.36. The fourth-order valence-electron chi connectivity index (χ4n) is 2.21. The molecule has 100 valence electrons. The summed E-state index contributed by atoms with van der Waals surface area (Å²) >= 11 is 0.